The Morgan fingerprint density at radius 2 is 2.05 bits per heavy atom. The van der Waals surface area contributed by atoms with Gasteiger partial charge < -0.3 is 10.1 Å². The highest BCUT2D eigenvalue weighted by atomic mass is 32.2. The van der Waals surface area contributed by atoms with Crippen molar-refractivity contribution < 1.29 is 13.2 Å². The lowest BCUT2D eigenvalue weighted by atomic mass is 10.2. The van der Waals surface area contributed by atoms with Crippen molar-refractivity contribution in [1.82, 2.24) is 9.62 Å². The highest BCUT2D eigenvalue weighted by Crippen LogP contribution is 2.26. The summed E-state index contributed by atoms with van der Waals surface area (Å²) in [6.45, 7) is 5.40. The van der Waals surface area contributed by atoms with Crippen molar-refractivity contribution in [1.29, 1.82) is 0 Å². The summed E-state index contributed by atoms with van der Waals surface area (Å²) in [5, 5.41) is 3.41. The van der Waals surface area contributed by atoms with Crippen LogP contribution < -0.4 is 10.1 Å². The molecule has 118 valence electrons. The molecule has 0 atom stereocenters. The first-order valence-electron chi connectivity index (χ1n) is 7.44. The van der Waals surface area contributed by atoms with Gasteiger partial charge in [-0.3, -0.25) is 0 Å². The number of hydrogen-bond donors (Lipinski definition) is 1. The zero-order valence-corrected chi connectivity index (χ0v) is 13.7. The normalized spacial score (nSPS) is 15.4. The van der Waals surface area contributed by atoms with Crippen LogP contribution in [0.15, 0.2) is 23.1 Å². The third-order valence-corrected chi connectivity index (χ3v) is 5.57. The van der Waals surface area contributed by atoms with Crippen LogP contribution in [0.5, 0.6) is 5.75 Å². The number of nitrogens with zero attached hydrogens (tertiary/aromatic N) is 1. The lowest BCUT2D eigenvalue weighted by molar-refractivity contribution is 0.335. The van der Waals surface area contributed by atoms with Gasteiger partial charge in [-0.15, -0.1) is 0 Å². The van der Waals surface area contributed by atoms with E-state index in [0.29, 0.717) is 30.6 Å². The Labute approximate surface area is 127 Å². The average Bonchev–Trinajstić information content (AvgIpc) is 3.29. The second-order valence-electron chi connectivity index (χ2n) is 5.28. The summed E-state index contributed by atoms with van der Waals surface area (Å²) in [5.41, 5.74) is 0.898. The molecular weight excluding hydrogens is 288 g/mol. The first-order valence-corrected chi connectivity index (χ1v) is 8.88. The Balaban J connectivity index is 2.28. The molecule has 0 amide bonds. The number of sulfonamides is 1. The molecule has 5 nitrogen and oxygen atoms in total. The molecule has 0 saturated heterocycles. The van der Waals surface area contributed by atoms with Gasteiger partial charge in [0.1, 0.15) is 5.75 Å². The molecule has 0 aromatic heterocycles. The molecular formula is C15H24N2O3S. The molecule has 1 aliphatic carbocycles. The zero-order valence-electron chi connectivity index (χ0n) is 12.9. The number of hydrogen-bond acceptors (Lipinski definition) is 4. The maximum absolute atomic E-state index is 12.4. The van der Waals surface area contributed by atoms with Crippen molar-refractivity contribution >= 4 is 10.0 Å². The van der Waals surface area contributed by atoms with Gasteiger partial charge in [0, 0.05) is 31.7 Å². The quantitative estimate of drug-likeness (QED) is 0.797. The highest BCUT2D eigenvalue weighted by Gasteiger charge is 2.23. The third kappa shape index (κ3) is 3.96. The summed E-state index contributed by atoms with van der Waals surface area (Å²) in [7, 11) is -1.83. The van der Waals surface area contributed by atoms with Crippen LogP contribution in [-0.2, 0) is 16.6 Å². The molecule has 1 N–H and O–H groups in total. The van der Waals surface area contributed by atoms with Crippen LogP contribution in [0.4, 0.5) is 0 Å². The van der Waals surface area contributed by atoms with Gasteiger partial charge in [0.05, 0.1) is 11.5 Å². The van der Waals surface area contributed by atoms with Crippen molar-refractivity contribution in [2.24, 2.45) is 0 Å². The van der Waals surface area contributed by atoms with Gasteiger partial charge in [-0.2, -0.15) is 0 Å². The standard InChI is InChI=1S/C15H24N2O3S/c1-4-17(3)21(18,19)14-8-9-15(20-5-2)12(10-14)11-16-13-6-7-13/h8-10,13,16H,4-7,11H2,1-3H3. The van der Waals surface area contributed by atoms with Crippen LogP contribution in [-0.4, -0.2) is 39.0 Å². The van der Waals surface area contributed by atoms with Gasteiger partial charge >= 0.3 is 0 Å². The minimum absolute atomic E-state index is 0.322. The molecule has 0 spiro atoms. The van der Waals surface area contributed by atoms with Crippen molar-refractivity contribution in [2.75, 3.05) is 20.2 Å². The Bertz CT molecular complexity index is 583. The van der Waals surface area contributed by atoms with Crippen molar-refractivity contribution in [3.63, 3.8) is 0 Å². The summed E-state index contributed by atoms with van der Waals surface area (Å²) in [4.78, 5) is 0.322. The topological polar surface area (TPSA) is 58.6 Å². The van der Waals surface area contributed by atoms with E-state index in [4.69, 9.17) is 4.74 Å². The molecule has 1 aromatic carbocycles. The fraction of sp³-hybridized carbons (Fsp3) is 0.600. The van der Waals surface area contributed by atoms with Gasteiger partial charge in [-0.1, -0.05) is 6.92 Å². The second kappa shape index (κ2) is 6.77. The van der Waals surface area contributed by atoms with Crippen LogP contribution in [0.1, 0.15) is 32.3 Å². The number of rotatable bonds is 8. The molecule has 0 aliphatic heterocycles. The van der Waals surface area contributed by atoms with Crippen molar-refractivity contribution in [3.05, 3.63) is 23.8 Å². The Morgan fingerprint density at radius 1 is 1.33 bits per heavy atom. The lowest BCUT2D eigenvalue weighted by Gasteiger charge is -2.17. The van der Waals surface area contributed by atoms with Gasteiger partial charge in [0.15, 0.2) is 0 Å². The summed E-state index contributed by atoms with van der Waals surface area (Å²) >= 11 is 0. The van der Waals surface area contributed by atoms with Gasteiger partial charge in [-0.25, -0.2) is 12.7 Å². The van der Waals surface area contributed by atoms with E-state index in [1.54, 1.807) is 25.2 Å². The minimum atomic E-state index is -3.42. The van der Waals surface area contributed by atoms with E-state index in [1.165, 1.54) is 17.1 Å². The Kier molecular flexibility index (Phi) is 5.24. The minimum Gasteiger partial charge on any atom is -0.494 e. The van der Waals surface area contributed by atoms with Crippen molar-refractivity contribution in [3.8, 4) is 5.75 Å². The first kappa shape index (κ1) is 16.3. The van der Waals surface area contributed by atoms with E-state index in [2.05, 4.69) is 5.32 Å². The Hall–Kier alpha value is -1.11. The van der Waals surface area contributed by atoms with Crippen LogP contribution in [0, 0.1) is 0 Å². The average molecular weight is 312 g/mol. The van der Waals surface area contributed by atoms with Crippen LogP contribution in [0.3, 0.4) is 0 Å². The van der Waals surface area contributed by atoms with Crippen LogP contribution in [0.25, 0.3) is 0 Å². The molecule has 0 bridgehead atoms. The van der Waals surface area contributed by atoms with E-state index in [-0.39, 0.29) is 0 Å². The molecule has 1 aliphatic rings. The molecule has 6 heteroatoms. The van der Waals surface area contributed by atoms with E-state index < -0.39 is 10.0 Å². The summed E-state index contributed by atoms with van der Waals surface area (Å²) in [6, 6.07) is 5.66. The SMILES string of the molecule is CCOc1ccc(S(=O)(=O)N(C)CC)cc1CNC1CC1. The van der Waals surface area contributed by atoms with Gasteiger partial charge in [0.25, 0.3) is 0 Å². The molecule has 0 unspecified atom stereocenters. The molecule has 1 saturated carbocycles. The fourth-order valence-electron chi connectivity index (χ4n) is 2.04. The summed E-state index contributed by atoms with van der Waals surface area (Å²) in [6.07, 6.45) is 2.39. The highest BCUT2D eigenvalue weighted by molar-refractivity contribution is 7.89. The fourth-order valence-corrected chi connectivity index (χ4v) is 3.27. The van der Waals surface area contributed by atoms with Crippen LogP contribution >= 0.6 is 0 Å². The largest absolute Gasteiger partial charge is 0.494 e. The number of nitrogens with one attached hydrogen (secondary N) is 1. The van der Waals surface area contributed by atoms with Gasteiger partial charge in [0.2, 0.25) is 10.0 Å². The maximum atomic E-state index is 12.4. The summed E-state index contributed by atoms with van der Waals surface area (Å²) < 4.78 is 31.7. The Morgan fingerprint density at radius 3 is 2.62 bits per heavy atom. The monoisotopic (exact) mass is 312 g/mol. The van der Waals surface area contributed by atoms with Crippen molar-refractivity contribution in [2.45, 2.75) is 44.2 Å². The second-order valence-corrected chi connectivity index (χ2v) is 7.32. The molecule has 0 radical (unpaired) electrons. The summed E-state index contributed by atoms with van der Waals surface area (Å²) in [5.74, 6) is 0.753. The molecule has 1 fully saturated rings. The molecule has 0 heterocycles. The predicted molar refractivity (Wildman–Crippen MR) is 83.0 cm³/mol. The molecule has 21 heavy (non-hydrogen) atoms. The van der Waals surface area contributed by atoms with E-state index in [1.807, 2.05) is 13.8 Å². The number of benzene rings is 1. The van der Waals surface area contributed by atoms with Gasteiger partial charge in [-0.05, 0) is 38.0 Å². The first-order chi connectivity index (χ1) is 9.98. The molecule has 1 aromatic rings. The smallest absolute Gasteiger partial charge is 0.242 e. The number of ether oxygens (including phenoxy) is 1. The lowest BCUT2D eigenvalue weighted by Crippen LogP contribution is -2.26. The predicted octanol–water partition coefficient (Wildman–Crippen LogP) is 1.98. The van der Waals surface area contributed by atoms with E-state index in [0.717, 1.165) is 11.3 Å². The van der Waals surface area contributed by atoms with E-state index >= 15 is 0 Å². The zero-order chi connectivity index (χ0) is 15.5. The third-order valence-electron chi connectivity index (χ3n) is 3.64. The van der Waals surface area contributed by atoms with Crippen LogP contribution in [0.2, 0.25) is 0 Å². The molecule has 2 rings (SSSR count). The van der Waals surface area contributed by atoms with E-state index in [9.17, 15) is 8.42 Å². The maximum Gasteiger partial charge on any atom is 0.242 e.